The topological polar surface area (TPSA) is 54.5 Å². The third-order valence-corrected chi connectivity index (χ3v) is 4.25. The van der Waals surface area contributed by atoms with Gasteiger partial charge in [-0.3, -0.25) is 9.78 Å². The molecular weight excluding hydrogens is 326 g/mol. The number of carbonyl (C=O) groups excluding carboxylic acids is 1. The number of pyridine rings is 1. The third kappa shape index (κ3) is 3.68. The molecule has 5 nitrogen and oxygen atoms in total. The van der Waals surface area contributed by atoms with Crippen molar-refractivity contribution in [2.45, 2.75) is 13.0 Å². The van der Waals surface area contributed by atoms with Crippen LogP contribution in [0.2, 0.25) is 5.02 Å². The van der Waals surface area contributed by atoms with Gasteiger partial charge in [-0.05, 0) is 37.3 Å². The Hall–Kier alpha value is -2.11. The molecule has 0 unspecified atom stereocenters. The number of hydrogen-bond acceptors (Lipinski definition) is 4. The lowest BCUT2D eigenvalue weighted by molar-refractivity contribution is -0.0247. The smallest absolute Gasteiger partial charge is 0.254 e. The number of ether oxygens (including phenoxy) is 1. The molecule has 2 heterocycles. The number of anilines is 1. The average molecular weight is 346 g/mol. The molecule has 6 heteroatoms. The molecule has 0 saturated carbocycles. The van der Waals surface area contributed by atoms with Crippen molar-refractivity contribution >= 4 is 23.2 Å². The number of hydrogen-bond donors (Lipinski definition) is 1. The van der Waals surface area contributed by atoms with Crippen LogP contribution in [-0.4, -0.2) is 42.5 Å². The van der Waals surface area contributed by atoms with E-state index in [1.54, 1.807) is 29.2 Å². The number of nitrogens with zero attached hydrogens (tertiary/aromatic N) is 2. The van der Waals surface area contributed by atoms with Crippen LogP contribution >= 0.6 is 11.6 Å². The summed E-state index contributed by atoms with van der Waals surface area (Å²) in [6, 6.07) is 11.0. The minimum Gasteiger partial charge on any atom is -0.388 e. The Morgan fingerprint density at radius 3 is 2.96 bits per heavy atom. The zero-order valence-electron chi connectivity index (χ0n) is 13.8. The fourth-order valence-electron chi connectivity index (χ4n) is 2.82. The molecule has 126 valence electrons. The van der Waals surface area contributed by atoms with Crippen molar-refractivity contribution in [3.8, 4) is 0 Å². The molecule has 24 heavy (non-hydrogen) atoms. The molecule has 0 aliphatic carbocycles. The number of nitrogens with one attached hydrogen (secondary N) is 1. The molecule has 1 fully saturated rings. The van der Waals surface area contributed by atoms with Crippen LogP contribution in [0.5, 0.6) is 0 Å². The van der Waals surface area contributed by atoms with Gasteiger partial charge in [-0.15, -0.1) is 0 Å². The Morgan fingerprint density at radius 1 is 1.38 bits per heavy atom. The molecule has 1 aliphatic heterocycles. The lowest BCUT2D eigenvalue weighted by atomic mass is 10.1. The largest absolute Gasteiger partial charge is 0.388 e. The number of aryl methyl sites for hydroxylation is 1. The number of morpholine rings is 1. The van der Waals surface area contributed by atoms with Gasteiger partial charge in [0.05, 0.1) is 18.8 Å². The highest BCUT2D eigenvalue weighted by Crippen LogP contribution is 2.25. The molecule has 1 aromatic heterocycles. The number of rotatable bonds is 3. The van der Waals surface area contributed by atoms with Crippen LogP contribution in [0.1, 0.15) is 27.8 Å². The molecular formula is C18H20ClN3O2. The fraction of sp³-hybridized carbons (Fsp3) is 0.333. The van der Waals surface area contributed by atoms with Crippen molar-refractivity contribution in [1.29, 1.82) is 0 Å². The van der Waals surface area contributed by atoms with Crippen molar-refractivity contribution in [3.63, 3.8) is 0 Å². The highest BCUT2D eigenvalue weighted by molar-refractivity contribution is 6.30. The van der Waals surface area contributed by atoms with Gasteiger partial charge < -0.3 is 15.0 Å². The third-order valence-electron chi connectivity index (χ3n) is 4.02. The lowest BCUT2D eigenvalue weighted by Crippen LogP contribution is -2.42. The standard InChI is InChI=1S/C18H20ClN3O2/c1-12-8-15(20-2)10-16(21-12)17-11-22(6-7-24-17)18(23)13-4-3-5-14(19)9-13/h3-5,8-10,17H,6-7,11H2,1-2H3,(H,20,21)/t17-/m0/s1. The van der Waals surface area contributed by atoms with Crippen molar-refractivity contribution in [1.82, 2.24) is 9.88 Å². The summed E-state index contributed by atoms with van der Waals surface area (Å²) >= 11 is 5.99. The van der Waals surface area contributed by atoms with E-state index < -0.39 is 0 Å². The maximum atomic E-state index is 12.7. The number of amides is 1. The zero-order valence-corrected chi connectivity index (χ0v) is 14.5. The molecule has 0 radical (unpaired) electrons. The van der Waals surface area contributed by atoms with Crippen LogP contribution in [0.4, 0.5) is 5.69 Å². The first-order valence-corrected chi connectivity index (χ1v) is 8.27. The normalized spacial score (nSPS) is 17.6. The van der Waals surface area contributed by atoms with E-state index >= 15 is 0 Å². The monoisotopic (exact) mass is 345 g/mol. The summed E-state index contributed by atoms with van der Waals surface area (Å²) in [5.41, 5.74) is 3.33. The first-order valence-electron chi connectivity index (χ1n) is 7.89. The fourth-order valence-corrected chi connectivity index (χ4v) is 3.01. The quantitative estimate of drug-likeness (QED) is 0.927. The lowest BCUT2D eigenvalue weighted by Gasteiger charge is -2.33. The second-order valence-electron chi connectivity index (χ2n) is 5.79. The van der Waals surface area contributed by atoms with E-state index in [4.69, 9.17) is 16.3 Å². The summed E-state index contributed by atoms with van der Waals surface area (Å²) in [6.45, 7) is 3.47. The molecule has 1 amide bonds. The molecule has 3 rings (SSSR count). The van der Waals surface area contributed by atoms with E-state index in [-0.39, 0.29) is 12.0 Å². The molecule has 1 aromatic carbocycles. The van der Waals surface area contributed by atoms with Gasteiger partial charge in [0.25, 0.3) is 5.91 Å². The molecule has 1 aliphatic rings. The Kier molecular flexibility index (Phi) is 5.02. The molecule has 1 atom stereocenters. The molecule has 1 N–H and O–H groups in total. The van der Waals surface area contributed by atoms with Gasteiger partial charge in [-0.1, -0.05) is 17.7 Å². The Morgan fingerprint density at radius 2 is 2.21 bits per heavy atom. The highest BCUT2D eigenvalue weighted by atomic mass is 35.5. The second kappa shape index (κ2) is 7.20. The van der Waals surface area contributed by atoms with Crippen LogP contribution in [0.15, 0.2) is 36.4 Å². The molecule has 1 saturated heterocycles. The number of aromatic nitrogens is 1. The van der Waals surface area contributed by atoms with E-state index in [0.29, 0.717) is 30.3 Å². The Labute approximate surface area is 146 Å². The second-order valence-corrected chi connectivity index (χ2v) is 6.23. The van der Waals surface area contributed by atoms with Crippen LogP contribution in [0, 0.1) is 6.92 Å². The Bertz CT molecular complexity index is 751. The van der Waals surface area contributed by atoms with Crippen LogP contribution in [-0.2, 0) is 4.74 Å². The molecule has 2 aromatic rings. The highest BCUT2D eigenvalue weighted by Gasteiger charge is 2.27. The van der Waals surface area contributed by atoms with Crippen LogP contribution < -0.4 is 5.32 Å². The number of benzene rings is 1. The first kappa shape index (κ1) is 16.7. The Balaban J connectivity index is 1.79. The average Bonchev–Trinajstić information content (AvgIpc) is 2.60. The van der Waals surface area contributed by atoms with Crippen molar-refractivity contribution in [3.05, 3.63) is 58.4 Å². The summed E-state index contributed by atoms with van der Waals surface area (Å²) in [5.74, 6) is -0.0349. The maximum Gasteiger partial charge on any atom is 0.254 e. The van der Waals surface area contributed by atoms with Gasteiger partial charge >= 0.3 is 0 Å². The van der Waals surface area contributed by atoms with Gasteiger partial charge in [0, 0.05) is 35.6 Å². The van der Waals surface area contributed by atoms with Crippen molar-refractivity contribution in [2.75, 3.05) is 32.1 Å². The minimum atomic E-state index is -0.228. The van der Waals surface area contributed by atoms with Gasteiger partial charge in [0.1, 0.15) is 6.10 Å². The number of carbonyl (C=O) groups is 1. The maximum absolute atomic E-state index is 12.7. The first-order chi connectivity index (χ1) is 11.6. The van der Waals surface area contributed by atoms with E-state index in [0.717, 1.165) is 17.1 Å². The van der Waals surface area contributed by atoms with E-state index in [2.05, 4.69) is 10.3 Å². The summed E-state index contributed by atoms with van der Waals surface area (Å²) in [4.78, 5) is 19.1. The van der Waals surface area contributed by atoms with E-state index in [1.807, 2.05) is 26.1 Å². The summed E-state index contributed by atoms with van der Waals surface area (Å²) in [6.07, 6.45) is -0.228. The van der Waals surface area contributed by atoms with Gasteiger partial charge in [-0.25, -0.2) is 0 Å². The number of halogens is 1. The summed E-state index contributed by atoms with van der Waals surface area (Å²) < 4.78 is 5.85. The van der Waals surface area contributed by atoms with Crippen molar-refractivity contribution < 1.29 is 9.53 Å². The summed E-state index contributed by atoms with van der Waals surface area (Å²) in [7, 11) is 1.87. The van der Waals surface area contributed by atoms with Crippen LogP contribution in [0.3, 0.4) is 0 Å². The predicted octanol–water partition coefficient (Wildman–Crippen LogP) is 3.30. The van der Waals surface area contributed by atoms with Crippen molar-refractivity contribution in [2.24, 2.45) is 0 Å². The SMILES string of the molecule is CNc1cc(C)nc([C@@H]2CN(C(=O)c3cccc(Cl)c3)CCO2)c1. The van der Waals surface area contributed by atoms with E-state index in [1.165, 1.54) is 0 Å². The van der Waals surface area contributed by atoms with Gasteiger partial charge in [0.15, 0.2) is 0 Å². The van der Waals surface area contributed by atoms with Gasteiger partial charge in [0.2, 0.25) is 0 Å². The zero-order chi connectivity index (χ0) is 17.1. The minimum absolute atomic E-state index is 0.0349. The molecule has 0 bridgehead atoms. The van der Waals surface area contributed by atoms with E-state index in [9.17, 15) is 4.79 Å². The summed E-state index contributed by atoms with van der Waals surface area (Å²) in [5, 5.41) is 3.68. The molecule has 0 spiro atoms. The van der Waals surface area contributed by atoms with Gasteiger partial charge in [-0.2, -0.15) is 0 Å². The van der Waals surface area contributed by atoms with Crippen LogP contribution in [0.25, 0.3) is 0 Å². The predicted molar refractivity (Wildman–Crippen MR) is 94.6 cm³/mol.